The van der Waals surface area contributed by atoms with Crippen LogP contribution < -0.4 is 36.4 Å². The Morgan fingerprint density at radius 3 is 1.00 bits per heavy atom. The number of halogens is 4. The van der Waals surface area contributed by atoms with Crippen LogP contribution in [-0.2, 0) is 44.8 Å². The fourth-order valence-electron chi connectivity index (χ4n) is 0. The third-order valence-corrected chi connectivity index (χ3v) is 0. The molecule has 50 valence electrons. The van der Waals surface area contributed by atoms with Gasteiger partial charge in [0, 0.05) is 15.0 Å². The van der Waals surface area contributed by atoms with Gasteiger partial charge >= 0.3 is 44.8 Å². The van der Waals surface area contributed by atoms with Crippen molar-refractivity contribution in [2.45, 2.75) is 0 Å². The molecule has 0 nitrogen and oxygen atoms in total. The zero-order valence-electron chi connectivity index (χ0n) is 2.11. The summed E-state index contributed by atoms with van der Waals surface area (Å²) in [5.74, 6) is 0. The van der Waals surface area contributed by atoms with Gasteiger partial charge in [-0.05, 0) is 10.1 Å². The second kappa shape index (κ2) is 40.9. The van der Waals surface area contributed by atoms with Gasteiger partial charge in [0.1, 0.15) is 0 Å². The first kappa shape index (κ1) is 34.8. The van der Waals surface area contributed by atoms with Crippen LogP contribution in [0.4, 0.5) is 0 Å². The van der Waals surface area contributed by atoms with Crippen LogP contribution in [0.3, 0.4) is 0 Å². The summed E-state index contributed by atoms with van der Waals surface area (Å²) in [6.07, 6.45) is 0. The predicted octanol–water partition coefficient (Wildman–Crippen LogP) is -4.46. The van der Waals surface area contributed by atoms with Crippen molar-refractivity contribution in [2.75, 3.05) is 0 Å². The Morgan fingerprint density at radius 1 is 1.00 bits per heavy atom. The molecule has 0 aromatic rings. The average Bonchev–Trinajstić information content (AvgIpc) is 1.00. The van der Waals surface area contributed by atoms with Crippen molar-refractivity contribution >= 4 is 25.1 Å². The Morgan fingerprint density at radius 2 is 1.00 bits per heavy atom. The zero-order chi connectivity index (χ0) is 2.00. The van der Waals surface area contributed by atoms with Gasteiger partial charge in [-0.25, -0.2) is 0 Å². The minimum atomic E-state index is 0. The van der Waals surface area contributed by atoms with Crippen LogP contribution in [0.2, 0.25) is 0 Å². The Labute approximate surface area is 104 Å². The van der Waals surface area contributed by atoms with Crippen molar-refractivity contribution in [2.24, 2.45) is 0 Å². The van der Waals surface area contributed by atoms with E-state index in [1.54, 1.807) is 0 Å². The number of rotatable bonds is 0. The second-order valence-electron chi connectivity index (χ2n) is 0. The summed E-state index contributed by atoms with van der Waals surface area (Å²) in [5.41, 5.74) is 0. The van der Waals surface area contributed by atoms with E-state index in [-0.39, 0.29) is 81.1 Å². The van der Waals surface area contributed by atoms with E-state index in [4.69, 9.17) is 0 Å². The van der Waals surface area contributed by atoms with Gasteiger partial charge in [0.25, 0.3) is 0 Å². The first-order chi connectivity index (χ1) is 1.00. The topological polar surface area (TPSA) is 0 Å². The van der Waals surface area contributed by atoms with Crippen LogP contribution in [0, 0.1) is 0 Å². The maximum atomic E-state index is 4.45. The molecule has 6 heteroatoms. The summed E-state index contributed by atoms with van der Waals surface area (Å²) in [7, 11) is 4.45. The molecule has 0 aliphatic heterocycles. The first-order valence-electron chi connectivity index (χ1n) is 0.143. The van der Waals surface area contributed by atoms with Crippen LogP contribution in [0.1, 0.15) is 0 Å². The van der Waals surface area contributed by atoms with E-state index in [1.807, 2.05) is 0 Å². The van der Waals surface area contributed by atoms with Gasteiger partial charge in [-0.3, -0.25) is 0 Å². The molecule has 0 saturated heterocycles. The molecule has 0 fully saturated rings. The average molecular weight is 493 g/mol. The quantitative estimate of drug-likeness (QED) is 0.236. The molecule has 0 radical (unpaired) electrons. The summed E-state index contributed by atoms with van der Waals surface area (Å²) in [4.78, 5) is 0. The molecule has 0 saturated carbocycles. The molecule has 0 aliphatic rings. The smallest absolute Gasteiger partial charge is 1.00 e. The summed E-state index contributed by atoms with van der Waals surface area (Å²) < 4.78 is 0. The van der Waals surface area contributed by atoms with Crippen molar-refractivity contribution < 1.29 is 81.1 Å². The van der Waals surface area contributed by atoms with Crippen LogP contribution in [0.5, 0.6) is 0 Å². The summed E-state index contributed by atoms with van der Waals surface area (Å²) >= 11 is 2.41. The van der Waals surface area contributed by atoms with Crippen LogP contribution in [0.15, 0.2) is 0 Å². The molecule has 0 rings (SSSR count). The second-order valence-corrected chi connectivity index (χ2v) is 0. The van der Waals surface area contributed by atoms with Crippen molar-refractivity contribution in [3.05, 3.63) is 0 Å². The number of hydrogen-bond donors (Lipinski definition) is 0. The van der Waals surface area contributed by atoms with Crippen molar-refractivity contribution in [1.82, 2.24) is 0 Å². The number of hydrogen-bond acceptors (Lipinski definition) is 0. The Hall–Kier alpha value is 3.27. The van der Waals surface area contributed by atoms with E-state index in [0.717, 1.165) is 0 Å². The molecule has 0 amide bonds. The maximum absolute atomic E-state index is 4.45. The minimum absolute atomic E-state index is 0. The van der Waals surface area contributed by atoms with Gasteiger partial charge in [0.2, 0.25) is 0 Å². The normalized spacial score (nSPS) is 1.00. The van der Waals surface area contributed by atoms with E-state index in [9.17, 15) is 0 Å². The van der Waals surface area contributed by atoms with Gasteiger partial charge in [-0.1, -0.05) is 0 Å². The van der Waals surface area contributed by atoms with Crippen LogP contribution in [-0.4, -0.2) is 0 Å². The van der Waals surface area contributed by atoms with Crippen molar-refractivity contribution in [3.8, 4) is 0 Å². The summed E-state index contributed by atoms with van der Waals surface area (Å²) in [6, 6.07) is 0. The largest absolute Gasteiger partial charge is 1.00 e. The monoisotopic (exact) mass is 490 g/mol. The zero-order valence-corrected chi connectivity index (χ0v) is 10.3. The van der Waals surface area contributed by atoms with Crippen LogP contribution in [0.25, 0.3) is 0 Å². The molecule has 0 aromatic carbocycles. The summed E-state index contributed by atoms with van der Waals surface area (Å²) in [5, 5.41) is 0. The Kier molecular flexibility index (Phi) is 237. The molecule has 0 atom stereocenters. The fourth-order valence-corrected chi connectivity index (χ4v) is 0. The van der Waals surface area contributed by atoms with E-state index in [1.165, 1.54) is 0 Å². The first-order valence-corrected chi connectivity index (χ1v) is 2.23. The molecule has 0 aliphatic carbocycles. The Bertz CT molecular complexity index is 11.5. The molecule has 0 unspecified atom stereocenters. The van der Waals surface area contributed by atoms with Gasteiger partial charge in [-0.15, -0.1) is 0 Å². The Balaban J connectivity index is -0.000000000833. The van der Waals surface area contributed by atoms with E-state index >= 15 is 0 Å². The van der Waals surface area contributed by atoms with Gasteiger partial charge in [0.15, 0.2) is 0 Å². The third-order valence-electron chi connectivity index (χ3n) is 0. The minimum Gasteiger partial charge on any atom is -1.00 e. The molecule has 0 heterocycles. The fraction of sp³-hybridized carbons (Fsp3) is 0. The van der Waals surface area contributed by atoms with E-state index in [0.29, 0.717) is 0 Å². The molecule has 0 N–H and O–H groups in total. The molecule has 0 spiro atoms. The molecular formula is Ag2BrCl2I. The molecule has 0 aromatic heterocycles. The van der Waals surface area contributed by atoms with Gasteiger partial charge in [-0.2, -0.15) is 0 Å². The standard InChI is InChI=1S/2Ag.BrCl.ClH.HI/c;;1-2;;/h;;;2*1H/q2*+1;;;/p-2. The predicted molar refractivity (Wildman–Crippen MR) is 14.8 cm³/mol. The van der Waals surface area contributed by atoms with E-state index < -0.39 is 0 Å². The van der Waals surface area contributed by atoms with Gasteiger partial charge < -0.3 is 36.4 Å². The van der Waals surface area contributed by atoms with E-state index in [2.05, 4.69) is 25.1 Å². The summed E-state index contributed by atoms with van der Waals surface area (Å²) in [6.45, 7) is 0. The van der Waals surface area contributed by atoms with Crippen molar-refractivity contribution in [1.29, 1.82) is 0 Å². The molecule has 0 bridgehead atoms. The molecular weight excluding hydrogens is 493 g/mol. The maximum Gasteiger partial charge on any atom is 1.00 e. The van der Waals surface area contributed by atoms with Gasteiger partial charge in [0.05, 0.1) is 0 Å². The third kappa shape index (κ3) is 26.7. The van der Waals surface area contributed by atoms with Crippen molar-refractivity contribution in [3.63, 3.8) is 0 Å². The SMILES string of the molecule is ClBr.[Ag+].[Ag+].[Cl-].[I-]. The van der Waals surface area contributed by atoms with Crippen LogP contribution >= 0.6 is 25.1 Å². The molecule has 6 heavy (non-hydrogen) atoms.